The van der Waals surface area contributed by atoms with E-state index in [2.05, 4.69) is 10.1 Å². The Balaban J connectivity index is 2.05. The molecule has 5 heteroatoms. The molecule has 1 aliphatic heterocycles. The van der Waals surface area contributed by atoms with Gasteiger partial charge >= 0.3 is 6.61 Å². The Kier molecular flexibility index (Phi) is 4.71. The fourth-order valence-electron chi connectivity index (χ4n) is 2.51. The van der Waals surface area contributed by atoms with Crippen molar-refractivity contribution in [1.29, 1.82) is 0 Å². The summed E-state index contributed by atoms with van der Waals surface area (Å²) < 4.78 is 34.0. The van der Waals surface area contributed by atoms with Crippen LogP contribution in [0.15, 0.2) is 18.2 Å². The molecular weight excluding hydrogens is 252 g/mol. The average Bonchev–Trinajstić information content (AvgIpc) is 2.38. The molecule has 2 atom stereocenters. The van der Waals surface area contributed by atoms with Gasteiger partial charge in [0.2, 0.25) is 0 Å². The van der Waals surface area contributed by atoms with Gasteiger partial charge in [0.15, 0.2) is 0 Å². The van der Waals surface area contributed by atoms with Crippen LogP contribution in [-0.2, 0) is 4.74 Å². The van der Waals surface area contributed by atoms with Crippen LogP contribution in [0.1, 0.15) is 30.0 Å². The third-order valence-corrected chi connectivity index (χ3v) is 3.54. The average molecular weight is 271 g/mol. The number of rotatable bonds is 4. The van der Waals surface area contributed by atoms with E-state index < -0.39 is 6.61 Å². The van der Waals surface area contributed by atoms with Gasteiger partial charge in [-0.25, -0.2) is 0 Å². The monoisotopic (exact) mass is 271 g/mol. The quantitative estimate of drug-likeness (QED) is 0.913. The van der Waals surface area contributed by atoms with E-state index in [1.165, 1.54) is 0 Å². The Morgan fingerprint density at radius 2 is 2.11 bits per heavy atom. The van der Waals surface area contributed by atoms with Crippen molar-refractivity contribution in [2.45, 2.75) is 38.5 Å². The zero-order valence-electron chi connectivity index (χ0n) is 11.2. The summed E-state index contributed by atoms with van der Waals surface area (Å²) in [7, 11) is 1.72. The Morgan fingerprint density at radius 1 is 1.32 bits per heavy atom. The van der Waals surface area contributed by atoms with Gasteiger partial charge in [-0.05, 0) is 43.0 Å². The van der Waals surface area contributed by atoms with Gasteiger partial charge in [-0.3, -0.25) is 0 Å². The smallest absolute Gasteiger partial charge is 0.387 e. The van der Waals surface area contributed by atoms with Crippen LogP contribution >= 0.6 is 0 Å². The largest absolute Gasteiger partial charge is 0.435 e. The normalized spacial score (nSPS) is 23.6. The van der Waals surface area contributed by atoms with Crippen molar-refractivity contribution in [1.82, 2.24) is 5.32 Å². The van der Waals surface area contributed by atoms with Crippen molar-refractivity contribution >= 4 is 0 Å². The fourth-order valence-corrected chi connectivity index (χ4v) is 2.51. The SMILES string of the molecule is CO[C@@H]1CC[C@H](c2ccc(OC(F)F)cc2C)NC1. The van der Waals surface area contributed by atoms with E-state index in [1.807, 2.05) is 13.0 Å². The fraction of sp³-hybridized carbons (Fsp3) is 0.571. The maximum absolute atomic E-state index is 12.1. The molecule has 106 valence electrons. The van der Waals surface area contributed by atoms with Crippen molar-refractivity contribution < 1.29 is 18.3 Å². The van der Waals surface area contributed by atoms with Gasteiger partial charge in [0.1, 0.15) is 5.75 Å². The van der Waals surface area contributed by atoms with Crippen LogP contribution in [0.5, 0.6) is 5.75 Å². The van der Waals surface area contributed by atoms with E-state index in [9.17, 15) is 8.78 Å². The Bertz CT molecular complexity index is 418. The van der Waals surface area contributed by atoms with Gasteiger partial charge in [0, 0.05) is 19.7 Å². The van der Waals surface area contributed by atoms with Crippen LogP contribution in [0.25, 0.3) is 0 Å². The van der Waals surface area contributed by atoms with Gasteiger partial charge in [0.05, 0.1) is 6.10 Å². The van der Waals surface area contributed by atoms with Crippen LogP contribution in [-0.4, -0.2) is 26.4 Å². The summed E-state index contributed by atoms with van der Waals surface area (Å²) >= 11 is 0. The van der Waals surface area contributed by atoms with Gasteiger partial charge < -0.3 is 14.8 Å². The van der Waals surface area contributed by atoms with E-state index in [4.69, 9.17) is 4.74 Å². The first-order chi connectivity index (χ1) is 9.10. The van der Waals surface area contributed by atoms with Crippen molar-refractivity contribution in [3.05, 3.63) is 29.3 Å². The molecule has 1 saturated heterocycles. The number of hydrogen-bond donors (Lipinski definition) is 1. The number of aryl methyl sites for hydroxylation is 1. The predicted molar refractivity (Wildman–Crippen MR) is 68.6 cm³/mol. The molecule has 1 aromatic carbocycles. The molecule has 0 radical (unpaired) electrons. The molecule has 2 rings (SSSR count). The van der Waals surface area contributed by atoms with E-state index in [-0.39, 0.29) is 17.9 Å². The molecule has 1 aromatic rings. The zero-order valence-corrected chi connectivity index (χ0v) is 11.2. The number of benzene rings is 1. The highest BCUT2D eigenvalue weighted by atomic mass is 19.3. The molecular formula is C14H19F2NO2. The van der Waals surface area contributed by atoms with E-state index >= 15 is 0 Å². The molecule has 1 aliphatic rings. The second-order valence-corrected chi connectivity index (χ2v) is 4.79. The van der Waals surface area contributed by atoms with E-state index in [0.717, 1.165) is 30.5 Å². The molecule has 0 saturated carbocycles. The number of methoxy groups -OCH3 is 1. The summed E-state index contributed by atoms with van der Waals surface area (Å²) in [6, 6.07) is 5.37. The highest BCUT2D eigenvalue weighted by Gasteiger charge is 2.22. The molecule has 0 amide bonds. The lowest BCUT2D eigenvalue weighted by molar-refractivity contribution is -0.0498. The number of alkyl halides is 2. The number of hydrogen-bond acceptors (Lipinski definition) is 3. The molecule has 0 unspecified atom stereocenters. The molecule has 3 nitrogen and oxygen atoms in total. The molecule has 0 aromatic heterocycles. The Morgan fingerprint density at radius 3 is 2.63 bits per heavy atom. The standard InChI is InChI=1S/C14H19F2NO2/c1-9-7-10(19-14(15)16)3-5-12(9)13-6-4-11(18-2)8-17-13/h3,5,7,11,13-14,17H,4,6,8H2,1-2H3/t11-,13-/m1/s1. The summed E-state index contributed by atoms with van der Waals surface area (Å²) in [5.74, 6) is 0.210. The minimum absolute atomic E-state index is 0.210. The summed E-state index contributed by atoms with van der Waals surface area (Å²) in [5.41, 5.74) is 2.10. The predicted octanol–water partition coefficient (Wildman–Crippen LogP) is 3.04. The van der Waals surface area contributed by atoms with Crippen molar-refractivity contribution in [2.24, 2.45) is 0 Å². The lowest BCUT2D eigenvalue weighted by Crippen LogP contribution is -2.37. The van der Waals surface area contributed by atoms with Crippen LogP contribution in [0.3, 0.4) is 0 Å². The van der Waals surface area contributed by atoms with Gasteiger partial charge in [-0.15, -0.1) is 0 Å². The van der Waals surface area contributed by atoms with Gasteiger partial charge in [-0.1, -0.05) is 6.07 Å². The first-order valence-electron chi connectivity index (χ1n) is 6.41. The lowest BCUT2D eigenvalue weighted by Gasteiger charge is -2.30. The van der Waals surface area contributed by atoms with Crippen molar-refractivity contribution in [3.63, 3.8) is 0 Å². The lowest BCUT2D eigenvalue weighted by atomic mass is 9.93. The summed E-state index contributed by atoms with van der Waals surface area (Å²) in [6.07, 6.45) is 2.25. The summed E-state index contributed by atoms with van der Waals surface area (Å²) in [5, 5.41) is 3.42. The van der Waals surface area contributed by atoms with Gasteiger partial charge in [-0.2, -0.15) is 8.78 Å². The van der Waals surface area contributed by atoms with Gasteiger partial charge in [0.25, 0.3) is 0 Å². The molecule has 0 spiro atoms. The molecule has 0 aliphatic carbocycles. The third kappa shape index (κ3) is 3.64. The minimum atomic E-state index is -2.78. The zero-order chi connectivity index (χ0) is 13.8. The van der Waals surface area contributed by atoms with Crippen molar-refractivity contribution in [2.75, 3.05) is 13.7 Å². The Labute approximate surface area is 111 Å². The highest BCUT2D eigenvalue weighted by Crippen LogP contribution is 2.29. The van der Waals surface area contributed by atoms with Crippen LogP contribution in [0.4, 0.5) is 8.78 Å². The van der Waals surface area contributed by atoms with E-state index in [0.29, 0.717) is 0 Å². The first kappa shape index (κ1) is 14.2. The van der Waals surface area contributed by atoms with E-state index in [1.54, 1.807) is 19.2 Å². The number of nitrogens with one attached hydrogen (secondary N) is 1. The molecule has 1 heterocycles. The number of ether oxygens (including phenoxy) is 2. The van der Waals surface area contributed by atoms with Crippen LogP contribution in [0, 0.1) is 6.92 Å². The highest BCUT2D eigenvalue weighted by molar-refractivity contribution is 5.37. The maximum Gasteiger partial charge on any atom is 0.387 e. The second-order valence-electron chi connectivity index (χ2n) is 4.79. The minimum Gasteiger partial charge on any atom is -0.435 e. The number of piperidine rings is 1. The third-order valence-electron chi connectivity index (χ3n) is 3.54. The van der Waals surface area contributed by atoms with Crippen LogP contribution in [0.2, 0.25) is 0 Å². The second kappa shape index (κ2) is 6.30. The molecule has 19 heavy (non-hydrogen) atoms. The van der Waals surface area contributed by atoms with Crippen molar-refractivity contribution in [3.8, 4) is 5.75 Å². The summed E-state index contributed by atoms with van der Waals surface area (Å²) in [6.45, 7) is -0.0475. The summed E-state index contributed by atoms with van der Waals surface area (Å²) in [4.78, 5) is 0. The maximum atomic E-state index is 12.1. The number of halogens is 2. The Hall–Kier alpha value is -1.20. The molecule has 1 N–H and O–H groups in total. The van der Waals surface area contributed by atoms with Crippen LogP contribution < -0.4 is 10.1 Å². The molecule has 1 fully saturated rings. The molecule has 0 bridgehead atoms. The topological polar surface area (TPSA) is 30.5 Å². The first-order valence-corrected chi connectivity index (χ1v) is 6.41.